The molecule has 1 unspecified atom stereocenters. The highest BCUT2D eigenvalue weighted by molar-refractivity contribution is 7.16. The fourth-order valence-electron chi connectivity index (χ4n) is 2.32. The van der Waals surface area contributed by atoms with Gasteiger partial charge in [-0.2, -0.15) is 0 Å². The molecule has 1 aromatic carbocycles. The van der Waals surface area contributed by atoms with Crippen LogP contribution in [0.1, 0.15) is 0 Å². The number of rotatable bonds is 3. The van der Waals surface area contributed by atoms with Crippen molar-refractivity contribution in [2.45, 2.75) is 6.10 Å². The Morgan fingerprint density at radius 2 is 2.47 bits per heavy atom. The third-order valence-corrected chi connectivity index (χ3v) is 4.20. The lowest BCUT2D eigenvalue weighted by Crippen LogP contribution is -2.43. The highest BCUT2D eigenvalue weighted by Crippen LogP contribution is 2.29. The number of hydrogen-bond acceptors (Lipinski definition) is 6. The second kappa shape index (κ2) is 5.32. The van der Waals surface area contributed by atoms with Crippen molar-refractivity contribution in [3.05, 3.63) is 17.6 Å². The monoisotopic (exact) mass is 278 g/mol. The zero-order chi connectivity index (χ0) is 13.2. The number of nitrogens with zero attached hydrogens (tertiary/aromatic N) is 2. The van der Waals surface area contributed by atoms with Crippen molar-refractivity contribution in [1.29, 1.82) is 0 Å². The molecule has 1 saturated heterocycles. The van der Waals surface area contributed by atoms with Crippen molar-refractivity contribution in [2.75, 3.05) is 44.3 Å². The first-order valence-corrected chi connectivity index (χ1v) is 7.27. The van der Waals surface area contributed by atoms with Crippen LogP contribution in [0.5, 0.6) is 0 Å². The minimum Gasteiger partial charge on any atom is -0.395 e. The lowest BCUT2D eigenvalue weighted by molar-refractivity contribution is -0.0117. The van der Waals surface area contributed by atoms with Crippen LogP contribution >= 0.6 is 11.3 Å². The second-order valence-electron chi connectivity index (χ2n) is 4.86. The van der Waals surface area contributed by atoms with Gasteiger partial charge in [0.25, 0.3) is 0 Å². The largest absolute Gasteiger partial charge is 0.395 e. The van der Waals surface area contributed by atoms with Gasteiger partial charge in [0.05, 0.1) is 34.3 Å². The van der Waals surface area contributed by atoms with Gasteiger partial charge >= 0.3 is 0 Å². The zero-order valence-corrected chi connectivity index (χ0v) is 11.7. The van der Waals surface area contributed by atoms with Gasteiger partial charge in [-0.3, -0.25) is 0 Å². The van der Waals surface area contributed by atoms with Gasteiger partial charge < -0.3 is 20.7 Å². The lowest BCUT2D eigenvalue weighted by Gasteiger charge is -2.30. The summed E-state index contributed by atoms with van der Waals surface area (Å²) >= 11 is 1.61. The number of benzene rings is 1. The Hall–Kier alpha value is -1.37. The van der Waals surface area contributed by atoms with E-state index in [1.807, 2.05) is 11.6 Å². The van der Waals surface area contributed by atoms with Gasteiger partial charge in [0, 0.05) is 19.6 Å². The van der Waals surface area contributed by atoms with Crippen LogP contribution in [-0.4, -0.2) is 49.3 Å². The Labute approximate surface area is 116 Å². The first kappa shape index (κ1) is 12.7. The molecule has 2 aromatic rings. The fraction of sp³-hybridized carbons (Fsp3) is 0.462. The summed E-state index contributed by atoms with van der Waals surface area (Å²) in [4.78, 5) is 6.58. The highest BCUT2D eigenvalue weighted by Gasteiger charge is 2.17. The number of morpholine rings is 1. The quantitative estimate of drug-likeness (QED) is 0.835. The van der Waals surface area contributed by atoms with Gasteiger partial charge in [-0.1, -0.05) is 0 Å². The van der Waals surface area contributed by atoms with Crippen LogP contribution in [0.25, 0.3) is 10.2 Å². The summed E-state index contributed by atoms with van der Waals surface area (Å²) in [5.41, 5.74) is 10.5. The summed E-state index contributed by atoms with van der Waals surface area (Å²) < 4.78 is 6.85. The summed E-state index contributed by atoms with van der Waals surface area (Å²) in [6.45, 7) is 3.52. The van der Waals surface area contributed by atoms with Gasteiger partial charge in [0.1, 0.15) is 5.52 Å². The molecule has 6 heteroatoms. The van der Waals surface area contributed by atoms with E-state index < -0.39 is 0 Å². The van der Waals surface area contributed by atoms with Crippen LogP contribution in [0.3, 0.4) is 0 Å². The molecule has 0 radical (unpaired) electrons. The molecule has 0 bridgehead atoms. The Morgan fingerprint density at radius 3 is 3.32 bits per heavy atom. The van der Waals surface area contributed by atoms with Gasteiger partial charge in [-0.15, -0.1) is 11.3 Å². The second-order valence-corrected chi connectivity index (χ2v) is 5.75. The third-order valence-electron chi connectivity index (χ3n) is 3.40. The fourth-order valence-corrected chi connectivity index (χ4v) is 3.01. The number of ether oxygens (including phenoxy) is 1. The van der Waals surface area contributed by atoms with E-state index in [4.69, 9.17) is 10.5 Å². The Kier molecular flexibility index (Phi) is 3.54. The first-order valence-electron chi connectivity index (χ1n) is 6.40. The Bertz CT molecular complexity index is 571. The number of nitrogen functional groups attached to an aromatic ring is 1. The van der Waals surface area contributed by atoms with Gasteiger partial charge in [0.2, 0.25) is 0 Å². The SMILES string of the molecule is CN1CCOC(CNc2ccc3scnc3c2N)C1. The van der Waals surface area contributed by atoms with Crippen LogP contribution in [0.2, 0.25) is 0 Å². The molecule has 102 valence electrons. The summed E-state index contributed by atoms with van der Waals surface area (Å²) in [5, 5.41) is 3.37. The number of aromatic nitrogens is 1. The maximum Gasteiger partial charge on any atom is 0.106 e. The number of hydrogen-bond donors (Lipinski definition) is 2. The van der Waals surface area contributed by atoms with E-state index in [2.05, 4.69) is 28.3 Å². The van der Waals surface area contributed by atoms with Crippen molar-refractivity contribution < 1.29 is 4.74 Å². The number of fused-ring (bicyclic) bond motifs is 1. The van der Waals surface area contributed by atoms with Crippen molar-refractivity contribution in [3.63, 3.8) is 0 Å². The average Bonchev–Trinajstić information content (AvgIpc) is 2.87. The van der Waals surface area contributed by atoms with Crippen LogP contribution in [0.4, 0.5) is 11.4 Å². The third kappa shape index (κ3) is 2.65. The summed E-state index contributed by atoms with van der Waals surface area (Å²) in [7, 11) is 2.12. The molecular weight excluding hydrogens is 260 g/mol. The smallest absolute Gasteiger partial charge is 0.106 e. The van der Waals surface area contributed by atoms with Gasteiger partial charge in [-0.25, -0.2) is 4.98 Å². The predicted molar refractivity (Wildman–Crippen MR) is 79.8 cm³/mol. The number of thiazole rings is 1. The number of likely N-dealkylation sites (N-methyl/N-ethyl adjacent to an activating group) is 1. The maximum absolute atomic E-state index is 6.14. The molecule has 3 rings (SSSR count). The Balaban J connectivity index is 1.69. The number of anilines is 2. The molecule has 3 N–H and O–H groups in total. The van der Waals surface area contributed by atoms with E-state index in [-0.39, 0.29) is 6.10 Å². The maximum atomic E-state index is 6.14. The molecule has 1 aliphatic rings. The molecule has 0 spiro atoms. The standard InChI is InChI=1S/C13H18N4OS/c1-17-4-5-18-9(7-17)6-15-10-2-3-11-13(12(10)14)16-8-19-11/h2-3,8-9,15H,4-7,14H2,1H3. The molecule has 1 aromatic heterocycles. The van der Waals surface area contributed by atoms with Gasteiger partial charge in [-0.05, 0) is 19.2 Å². The molecule has 0 amide bonds. The van der Waals surface area contributed by atoms with Crippen molar-refractivity contribution >= 4 is 32.9 Å². The number of nitrogens with two attached hydrogens (primary N) is 1. The number of nitrogens with one attached hydrogen (secondary N) is 1. The minimum atomic E-state index is 0.212. The van der Waals surface area contributed by atoms with E-state index in [9.17, 15) is 0 Å². The van der Waals surface area contributed by atoms with E-state index >= 15 is 0 Å². The van der Waals surface area contributed by atoms with Crippen LogP contribution in [0.15, 0.2) is 17.6 Å². The van der Waals surface area contributed by atoms with Crippen LogP contribution in [0, 0.1) is 0 Å². The minimum absolute atomic E-state index is 0.212. The molecule has 5 nitrogen and oxygen atoms in total. The van der Waals surface area contributed by atoms with Gasteiger partial charge in [0.15, 0.2) is 0 Å². The summed E-state index contributed by atoms with van der Waals surface area (Å²) in [6, 6.07) is 4.07. The van der Waals surface area contributed by atoms with Crippen molar-refractivity contribution in [2.24, 2.45) is 0 Å². The van der Waals surface area contributed by atoms with Crippen molar-refractivity contribution in [1.82, 2.24) is 9.88 Å². The molecule has 2 heterocycles. The first-order chi connectivity index (χ1) is 9.24. The molecule has 19 heavy (non-hydrogen) atoms. The van der Waals surface area contributed by atoms with E-state index in [0.717, 1.165) is 47.8 Å². The zero-order valence-electron chi connectivity index (χ0n) is 10.9. The van der Waals surface area contributed by atoms with E-state index in [1.165, 1.54) is 0 Å². The normalized spacial score (nSPS) is 20.8. The van der Waals surface area contributed by atoms with E-state index in [1.54, 1.807) is 11.3 Å². The van der Waals surface area contributed by atoms with E-state index in [0.29, 0.717) is 0 Å². The van der Waals surface area contributed by atoms with Crippen molar-refractivity contribution in [3.8, 4) is 0 Å². The Morgan fingerprint density at radius 1 is 1.58 bits per heavy atom. The lowest BCUT2D eigenvalue weighted by atomic mass is 10.2. The highest BCUT2D eigenvalue weighted by atomic mass is 32.1. The molecule has 0 aliphatic carbocycles. The molecular formula is C13H18N4OS. The van der Waals surface area contributed by atoms with Crippen LogP contribution in [-0.2, 0) is 4.74 Å². The predicted octanol–water partition coefficient (Wildman–Crippen LogP) is 1.62. The molecule has 1 aliphatic heterocycles. The average molecular weight is 278 g/mol. The molecule has 1 atom stereocenters. The topological polar surface area (TPSA) is 63.4 Å². The summed E-state index contributed by atoms with van der Waals surface area (Å²) in [6.07, 6.45) is 0.212. The summed E-state index contributed by atoms with van der Waals surface area (Å²) in [5.74, 6) is 0. The molecule has 1 fully saturated rings. The molecule has 0 saturated carbocycles. The van der Waals surface area contributed by atoms with Crippen LogP contribution < -0.4 is 11.1 Å².